The molecule has 3 N–H and O–H groups in total. The van der Waals surface area contributed by atoms with E-state index in [-0.39, 0.29) is 11.5 Å². The van der Waals surface area contributed by atoms with E-state index in [9.17, 15) is 12.8 Å². The van der Waals surface area contributed by atoms with Gasteiger partial charge >= 0.3 is 0 Å². The van der Waals surface area contributed by atoms with Gasteiger partial charge in [0.25, 0.3) is 0 Å². The van der Waals surface area contributed by atoms with Crippen LogP contribution >= 0.6 is 0 Å². The Morgan fingerprint density at radius 2 is 1.85 bits per heavy atom. The average Bonchev–Trinajstić information content (AvgIpc) is 2.60. The third-order valence-corrected chi connectivity index (χ3v) is 5.99. The van der Waals surface area contributed by atoms with Crippen LogP contribution < -0.4 is 19.9 Å². The van der Waals surface area contributed by atoms with E-state index in [1.54, 1.807) is 6.07 Å². The van der Waals surface area contributed by atoms with Crippen molar-refractivity contribution in [1.82, 2.24) is 4.72 Å². The van der Waals surface area contributed by atoms with Crippen molar-refractivity contribution in [2.24, 2.45) is 0 Å². The Hall–Kier alpha value is -2.32. The minimum atomic E-state index is -4.09. The van der Waals surface area contributed by atoms with Gasteiger partial charge < -0.3 is 15.2 Å². The Kier molecular flexibility index (Phi) is 5.06. The molecule has 6 nitrogen and oxygen atoms in total. The summed E-state index contributed by atoms with van der Waals surface area (Å²) in [5, 5.41) is 0. The van der Waals surface area contributed by atoms with Crippen molar-refractivity contribution in [1.29, 1.82) is 0 Å². The normalized spacial score (nSPS) is 16.8. The van der Waals surface area contributed by atoms with Gasteiger partial charge in [-0.25, -0.2) is 17.5 Å². The fourth-order valence-electron chi connectivity index (χ4n) is 3.25. The third-order valence-electron chi connectivity index (χ3n) is 4.51. The molecule has 0 spiro atoms. The molecule has 0 bridgehead atoms. The molecule has 0 saturated heterocycles. The summed E-state index contributed by atoms with van der Waals surface area (Å²) in [7, 11) is -1.37. The van der Waals surface area contributed by atoms with Crippen molar-refractivity contribution in [2.45, 2.75) is 30.2 Å². The zero-order chi connectivity index (χ0) is 18.9. The molecule has 1 unspecified atom stereocenters. The summed E-state index contributed by atoms with van der Waals surface area (Å²) < 4.78 is 52.7. The van der Waals surface area contributed by atoms with Crippen LogP contribution in [0.25, 0.3) is 0 Å². The standard InChI is InChI=1S/C18H21FN2O4S/c1-24-16-9-14(19)18(10-17(16)25-2)26(22,23)21-15-5-3-4-11-8-12(20)6-7-13(11)15/h6-10,15,21H,3-5,20H2,1-2H3. The summed E-state index contributed by atoms with van der Waals surface area (Å²) in [6, 6.07) is 7.11. The van der Waals surface area contributed by atoms with E-state index in [1.165, 1.54) is 14.2 Å². The van der Waals surface area contributed by atoms with Gasteiger partial charge in [0.1, 0.15) is 10.7 Å². The Labute approximate surface area is 152 Å². The zero-order valence-electron chi connectivity index (χ0n) is 14.6. The highest BCUT2D eigenvalue weighted by Gasteiger charge is 2.29. The number of aryl methyl sites for hydroxylation is 1. The molecule has 1 aliphatic carbocycles. The second-order valence-corrected chi connectivity index (χ2v) is 7.84. The smallest absolute Gasteiger partial charge is 0.244 e. The van der Waals surface area contributed by atoms with E-state index in [1.807, 2.05) is 12.1 Å². The summed E-state index contributed by atoms with van der Waals surface area (Å²) in [6.45, 7) is 0. The predicted molar refractivity (Wildman–Crippen MR) is 96.4 cm³/mol. The van der Waals surface area contributed by atoms with Crippen molar-refractivity contribution in [3.8, 4) is 11.5 Å². The number of fused-ring (bicyclic) bond motifs is 1. The van der Waals surface area contributed by atoms with Gasteiger partial charge in [-0.05, 0) is 42.5 Å². The Balaban J connectivity index is 1.96. The fraction of sp³-hybridized carbons (Fsp3) is 0.333. The van der Waals surface area contributed by atoms with Crippen molar-refractivity contribution in [2.75, 3.05) is 20.0 Å². The Morgan fingerprint density at radius 3 is 2.54 bits per heavy atom. The molecule has 0 heterocycles. The van der Waals surface area contributed by atoms with Gasteiger partial charge in [0, 0.05) is 23.9 Å². The maximum atomic E-state index is 14.4. The number of nitrogens with two attached hydrogens (primary N) is 1. The van der Waals surface area contributed by atoms with E-state index in [0.29, 0.717) is 12.1 Å². The predicted octanol–water partition coefficient (Wildman–Crippen LogP) is 2.78. The first kappa shape index (κ1) is 18.5. The summed E-state index contributed by atoms with van der Waals surface area (Å²) in [4.78, 5) is -0.474. The summed E-state index contributed by atoms with van der Waals surface area (Å²) >= 11 is 0. The number of hydrogen-bond donors (Lipinski definition) is 2. The second kappa shape index (κ2) is 7.13. The number of nitrogen functional groups attached to an aromatic ring is 1. The van der Waals surface area contributed by atoms with Crippen molar-refractivity contribution >= 4 is 15.7 Å². The Morgan fingerprint density at radius 1 is 1.15 bits per heavy atom. The van der Waals surface area contributed by atoms with E-state index in [4.69, 9.17) is 15.2 Å². The van der Waals surface area contributed by atoms with Crippen LogP contribution in [0, 0.1) is 5.82 Å². The van der Waals surface area contributed by atoms with E-state index in [2.05, 4.69) is 4.72 Å². The Bertz CT molecular complexity index is 931. The third kappa shape index (κ3) is 3.47. The van der Waals surface area contributed by atoms with Crippen molar-refractivity contribution < 1.29 is 22.3 Å². The number of anilines is 1. The molecule has 26 heavy (non-hydrogen) atoms. The van der Waals surface area contributed by atoms with Gasteiger partial charge in [-0.2, -0.15) is 0 Å². The van der Waals surface area contributed by atoms with Crippen LogP contribution in [0.2, 0.25) is 0 Å². The van der Waals surface area contributed by atoms with Crippen LogP contribution in [0.15, 0.2) is 35.2 Å². The lowest BCUT2D eigenvalue weighted by Gasteiger charge is -2.26. The number of halogens is 1. The number of methoxy groups -OCH3 is 2. The molecule has 2 aromatic carbocycles. The van der Waals surface area contributed by atoms with Crippen LogP contribution in [0.1, 0.15) is 30.0 Å². The van der Waals surface area contributed by atoms with Crippen LogP contribution in [-0.2, 0) is 16.4 Å². The molecule has 3 rings (SSSR count). The van der Waals surface area contributed by atoms with Crippen LogP contribution in [0.4, 0.5) is 10.1 Å². The van der Waals surface area contributed by atoms with Gasteiger partial charge in [0.05, 0.1) is 14.2 Å². The number of sulfonamides is 1. The highest BCUT2D eigenvalue weighted by Crippen LogP contribution is 2.35. The van der Waals surface area contributed by atoms with E-state index in [0.717, 1.165) is 36.1 Å². The van der Waals surface area contributed by atoms with Gasteiger partial charge in [-0.3, -0.25) is 0 Å². The largest absolute Gasteiger partial charge is 0.493 e. The lowest BCUT2D eigenvalue weighted by Crippen LogP contribution is -2.31. The van der Waals surface area contributed by atoms with Crippen LogP contribution in [-0.4, -0.2) is 22.6 Å². The molecule has 0 radical (unpaired) electrons. The van der Waals surface area contributed by atoms with Crippen molar-refractivity contribution in [3.63, 3.8) is 0 Å². The van der Waals surface area contributed by atoms with Gasteiger partial charge in [-0.1, -0.05) is 6.07 Å². The maximum absolute atomic E-state index is 14.4. The maximum Gasteiger partial charge on any atom is 0.244 e. The molecule has 2 aromatic rings. The monoisotopic (exact) mass is 380 g/mol. The highest BCUT2D eigenvalue weighted by atomic mass is 32.2. The minimum absolute atomic E-state index is 0.127. The first-order chi connectivity index (χ1) is 12.4. The molecule has 1 aliphatic rings. The second-order valence-electron chi connectivity index (χ2n) is 6.16. The molecule has 0 aliphatic heterocycles. The SMILES string of the molecule is COc1cc(F)c(S(=O)(=O)NC2CCCc3cc(N)ccc32)cc1OC. The summed E-state index contributed by atoms with van der Waals surface area (Å²) in [5.74, 6) is -0.628. The van der Waals surface area contributed by atoms with E-state index >= 15 is 0 Å². The first-order valence-corrected chi connectivity index (χ1v) is 9.66. The molecule has 0 saturated carbocycles. The molecular formula is C18H21FN2O4S. The number of hydrogen-bond acceptors (Lipinski definition) is 5. The summed E-state index contributed by atoms with van der Waals surface area (Å²) in [6.07, 6.45) is 2.28. The number of ether oxygens (including phenoxy) is 2. The van der Waals surface area contributed by atoms with Gasteiger partial charge in [0.2, 0.25) is 10.0 Å². The minimum Gasteiger partial charge on any atom is -0.493 e. The molecule has 0 aromatic heterocycles. The number of benzene rings is 2. The molecule has 140 valence electrons. The lowest BCUT2D eigenvalue weighted by atomic mass is 9.88. The molecule has 0 fully saturated rings. The lowest BCUT2D eigenvalue weighted by molar-refractivity contribution is 0.350. The average molecular weight is 380 g/mol. The van der Waals surface area contributed by atoms with Crippen molar-refractivity contribution in [3.05, 3.63) is 47.3 Å². The molecule has 1 atom stereocenters. The number of rotatable bonds is 5. The molecule has 0 amide bonds. The van der Waals surface area contributed by atoms with Gasteiger partial charge in [0.15, 0.2) is 11.5 Å². The zero-order valence-corrected chi connectivity index (χ0v) is 15.4. The molecule has 8 heteroatoms. The number of nitrogens with one attached hydrogen (secondary N) is 1. The topological polar surface area (TPSA) is 90.7 Å². The van der Waals surface area contributed by atoms with Crippen LogP contribution in [0.5, 0.6) is 11.5 Å². The van der Waals surface area contributed by atoms with E-state index < -0.39 is 26.8 Å². The quantitative estimate of drug-likeness (QED) is 0.779. The summed E-state index contributed by atoms with van der Waals surface area (Å²) in [5.41, 5.74) is 8.33. The van der Waals surface area contributed by atoms with Crippen LogP contribution in [0.3, 0.4) is 0 Å². The van der Waals surface area contributed by atoms with Gasteiger partial charge in [-0.15, -0.1) is 0 Å². The highest BCUT2D eigenvalue weighted by molar-refractivity contribution is 7.89. The first-order valence-electron chi connectivity index (χ1n) is 8.18. The fourth-order valence-corrected chi connectivity index (χ4v) is 4.57. The molecular weight excluding hydrogens is 359 g/mol.